The highest BCUT2D eigenvalue weighted by Crippen LogP contribution is 2.22. The highest BCUT2D eigenvalue weighted by atomic mass is 16.5. The summed E-state index contributed by atoms with van der Waals surface area (Å²) in [6.45, 7) is 2.54. The number of carboxylic acid groups (broad SMARTS) is 1. The summed E-state index contributed by atoms with van der Waals surface area (Å²) in [6, 6.07) is 5.24. The van der Waals surface area contributed by atoms with E-state index in [9.17, 15) is 9.90 Å². The van der Waals surface area contributed by atoms with Gasteiger partial charge in [0.2, 0.25) is 0 Å². The van der Waals surface area contributed by atoms with E-state index in [0.717, 1.165) is 37.2 Å². The maximum absolute atomic E-state index is 11.2. The largest absolute Gasteiger partial charge is 0.490 e. The van der Waals surface area contributed by atoms with E-state index in [1.54, 1.807) is 12.1 Å². The van der Waals surface area contributed by atoms with E-state index < -0.39 is 5.97 Å². The van der Waals surface area contributed by atoms with Crippen LogP contribution in [-0.4, -0.2) is 49.3 Å². The second kappa shape index (κ2) is 6.72. The Labute approximate surface area is 119 Å². The van der Waals surface area contributed by atoms with Gasteiger partial charge >= 0.3 is 5.97 Å². The molecule has 0 amide bonds. The summed E-state index contributed by atoms with van der Waals surface area (Å²) in [5.74, 6) is -0.131. The van der Waals surface area contributed by atoms with Crippen molar-refractivity contribution in [3.05, 3.63) is 29.3 Å². The normalized spacial score (nSPS) is 16.4. The average molecular weight is 278 g/mol. The van der Waals surface area contributed by atoms with E-state index in [1.807, 2.05) is 25.1 Å². The predicted octanol–water partition coefficient (Wildman–Crippen LogP) is 1.58. The maximum Gasteiger partial charge on any atom is 0.336 e. The molecule has 1 saturated heterocycles. The first-order chi connectivity index (χ1) is 9.56. The minimum atomic E-state index is -0.893. The Bertz CT molecular complexity index is 468. The highest BCUT2D eigenvalue weighted by molar-refractivity contribution is 5.89. The zero-order chi connectivity index (χ0) is 14.5. The minimum Gasteiger partial charge on any atom is -0.490 e. The number of rotatable bonds is 5. The molecule has 110 valence electrons. The molecule has 1 aliphatic heterocycles. The maximum atomic E-state index is 11.2. The predicted molar refractivity (Wildman–Crippen MR) is 77.3 cm³/mol. The van der Waals surface area contributed by atoms with Gasteiger partial charge in [-0.3, -0.25) is 0 Å². The molecule has 5 heteroatoms. The summed E-state index contributed by atoms with van der Waals surface area (Å²) < 4.78 is 5.96. The number of carbonyl (C=O) groups is 1. The van der Waals surface area contributed by atoms with Gasteiger partial charge in [-0.25, -0.2) is 4.79 Å². The zero-order valence-electron chi connectivity index (χ0n) is 12.1. The zero-order valence-corrected chi connectivity index (χ0v) is 12.1. The fourth-order valence-electron chi connectivity index (χ4n) is 2.43. The van der Waals surface area contributed by atoms with Crippen LogP contribution >= 0.6 is 0 Å². The minimum absolute atomic E-state index is 0.221. The molecule has 0 atom stereocenters. The molecule has 1 heterocycles. The molecule has 0 radical (unpaired) electrons. The number of ether oxygens (including phenoxy) is 1. The smallest absolute Gasteiger partial charge is 0.336 e. The Balaban J connectivity index is 2.15. The molecule has 1 aliphatic rings. The molecule has 2 N–H and O–H groups in total. The third-order valence-corrected chi connectivity index (χ3v) is 3.38. The number of carboxylic acids is 1. The van der Waals surface area contributed by atoms with E-state index in [-0.39, 0.29) is 6.10 Å². The van der Waals surface area contributed by atoms with Crippen LogP contribution in [-0.2, 0) is 6.54 Å². The number of nitrogens with one attached hydrogen (secondary N) is 1. The molecular weight excluding hydrogens is 256 g/mol. The van der Waals surface area contributed by atoms with E-state index in [2.05, 4.69) is 5.32 Å². The number of aromatic carboxylic acids is 1. The number of hydrogen-bond acceptors (Lipinski definition) is 4. The standard InChI is InChI=1S/C15H22N2O3/c1-17(2)10-11-9-13(3-4-14(11)15(18)19)20-12-5-7-16-8-6-12/h3-4,9,12,16H,5-8,10H2,1-2H3,(H,18,19). The molecule has 1 aromatic rings. The first-order valence-corrected chi connectivity index (χ1v) is 6.94. The lowest BCUT2D eigenvalue weighted by Gasteiger charge is -2.24. The van der Waals surface area contributed by atoms with Crippen molar-refractivity contribution >= 4 is 5.97 Å². The van der Waals surface area contributed by atoms with Gasteiger partial charge in [0.25, 0.3) is 0 Å². The molecule has 0 spiro atoms. The number of nitrogens with zero attached hydrogens (tertiary/aromatic N) is 1. The lowest BCUT2D eigenvalue weighted by Crippen LogP contribution is -2.34. The van der Waals surface area contributed by atoms with Crippen molar-refractivity contribution in [3.8, 4) is 5.75 Å². The van der Waals surface area contributed by atoms with Crippen molar-refractivity contribution in [1.29, 1.82) is 0 Å². The van der Waals surface area contributed by atoms with E-state index >= 15 is 0 Å². The van der Waals surface area contributed by atoms with Gasteiger partial charge in [-0.15, -0.1) is 0 Å². The van der Waals surface area contributed by atoms with Crippen molar-refractivity contribution in [3.63, 3.8) is 0 Å². The first kappa shape index (κ1) is 14.8. The van der Waals surface area contributed by atoms with E-state index in [4.69, 9.17) is 4.74 Å². The molecule has 20 heavy (non-hydrogen) atoms. The Kier molecular flexibility index (Phi) is 4.98. The van der Waals surface area contributed by atoms with Crippen LogP contribution in [0.25, 0.3) is 0 Å². The quantitative estimate of drug-likeness (QED) is 0.856. The SMILES string of the molecule is CN(C)Cc1cc(OC2CCNCC2)ccc1C(=O)O. The molecule has 0 aromatic heterocycles. The van der Waals surface area contributed by atoms with Crippen molar-refractivity contribution in [2.24, 2.45) is 0 Å². The number of piperidine rings is 1. The third-order valence-electron chi connectivity index (χ3n) is 3.38. The van der Waals surface area contributed by atoms with Gasteiger partial charge < -0.3 is 20.1 Å². The first-order valence-electron chi connectivity index (χ1n) is 6.94. The molecule has 0 saturated carbocycles. The second-order valence-electron chi connectivity index (χ2n) is 5.43. The van der Waals surface area contributed by atoms with Crippen LogP contribution in [0.15, 0.2) is 18.2 Å². The molecule has 2 rings (SSSR count). The fraction of sp³-hybridized carbons (Fsp3) is 0.533. The van der Waals surface area contributed by atoms with Crippen molar-refractivity contribution in [1.82, 2.24) is 10.2 Å². The van der Waals surface area contributed by atoms with Crippen molar-refractivity contribution in [2.45, 2.75) is 25.5 Å². The van der Waals surface area contributed by atoms with Crippen molar-refractivity contribution in [2.75, 3.05) is 27.2 Å². The monoisotopic (exact) mass is 278 g/mol. The Morgan fingerprint density at radius 2 is 2.10 bits per heavy atom. The van der Waals surface area contributed by atoms with Gasteiger partial charge in [0, 0.05) is 6.54 Å². The van der Waals surface area contributed by atoms with Crippen LogP contribution in [0.4, 0.5) is 0 Å². The Morgan fingerprint density at radius 3 is 2.70 bits per heavy atom. The number of hydrogen-bond donors (Lipinski definition) is 2. The Morgan fingerprint density at radius 1 is 1.40 bits per heavy atom. The van der Waals surface area contributed by atoms with Crippen LogP contribution in [0, 0.1) is 0 Å². The highest BCUT2D eigenvalue weighted by Gasteiger charge is 2.16. The van der Waals surface area contributed by atoms with Gasteiger partial charge in [-0.05, 0) is 63.8 Å². The lowest BCUT2D eigenvalue weighted by molar-refractivity contribution is 0.0695. The van der Waals surface area contributed by atoms with Crippen LogP contribution in [0.2, 0.25) is 0 Å². The van der Waals surface area contributed by atoms with Gasteiger partial charge in [-0.1, -0.05) is 0 Å². The molecular formula is C15H22N2O3. The van der Waals surface area contributed by atoms with Gasteiger partial charge in [0.15, 0.2) is 0 Å². The average Bonchev–Trinajstić information content (AvgIpc) is 2.39. The van der Waals surface area contributed by atoms with Gasteiger partial charge in [0.05, 0.1) is 5.56 Å². The topological polar surface area (TPSA) is 61.8 Å². The summed E-state index contributed by atoms with van der Waals surface area (Å²) in [5, 5.41) is 12.5. The molecule has 0 aliphatic carbocycles. The molecule has 1 fully saturated rings. The molecule has 0 unspecified atom stereocenters. The lowest BCUT2D eigenvalue weighted by atomic mass is 10.1. The molecule has 0 bridgehead atoms. The third kappa shape index (κ3) is 3.95. The van der Waals surface area contributed by atoms with Crippen molar-refractivity contribution < 1.29 is 14.6 Å². The second-order valence-corrected chi connectivity index (χ2v) is 5.43. The number of benzene rings is 1. The van der Waals surface area contributed by atoms with Crippen LogP contribution in [0.3, 0.4) is 0 Å². The summed E-state index contributed by atoms with van der Waals surface area (Å²) in [4.78, 5) is 13.2. The summed E-state index contributed by atoms with van der Waals surface area (Å²) in [6.07, 6.45) is 2.20. The summed E-state index contributed by atoms with van der Waals surface area (Å²) >= 11 is 0. The van der Waals surface area contributed by atoms with Crippen LogP contribution < -0.4 is 10.1 Å². The molecule has 1 aromatic carbocycles. The molecule has 5 nitrogen and oxygen atoms in total. The summed E-state index contributed by atoms with van der Waals surface area (Å²) in [5.41, 5.74) is 1.13. The van der Waals surface area contributed by atoms with Gasteiger partial charge in [-0.2, -0.15) is 0 Å². The fourth-order valence-corrected chi connectivity index (χ4v) is 2.43. The Hall–Kier alpha value is -1.59. The van der Waals surface area contributed by atoms with Crippen LogP contribution in [0.5, 0.6) is 5.75 Å². The van der Waals surface area contributed by atoms with Crippen LogP contribution in [0.1, 0.15) is 28.8 Å². The van der Waals surface area contributed by atoms with E-state index in [0.29, 0.717) is 12.1 Å². The summed E-state index contributed by atoms with van der Waals surface area (Å²) in [7, 11) is 3.85. The van der Waals surface area contributed by atoms with Gasteiger partial charge in [0.1, 0.15) is 11.9 Å². The van der Waals surface area contributed by atoms with E-state index in [1.165, 1.54) is 0 Å².